The minimum absolute atomic E-state index is 0.120. The molecule has 2 aromatic rings. The van der Waals surface area contributed by atoms with Gasteiger partial charge in [-0.15, -0.1) is 11.8 Å². The molecule has 0 atom stereocenters. The Bertz CT molecular complexity index is 953. The number of nitrogens with zero attached hydrogens (tertiary/aromatic N) is 2. The fourth-order valence-electron chi connectivity index (χ4n) is 3.90. The van der Waals surface area contributed by atoms with E-state index >= 15 is 0 Å². The molecule has 4 N–H and O–H groups in total. The van der Waals surface area contributed by atoms with Gasteiger partial charge in [-0.1, -0.05) is 43.0 Å². The first-order valence-corrected chi connectivity index (χ1v) is 11.8. The van der Waals surface area contributed by atoms with Crippen LogP contribution in [0, 0.1) is 0 Å². The lowest BCUT2D eigenvalue weighted by molar-refractivity contribution is -0.121. The number of amides is 3. The maximum absolute atomic E-state index is 12.5. The normalized spacial score (nSPS) is 15.5. The predicted molar refractivity (Wildman–Crippen MR) is 121 cm³/mol. The van der Waals surface area contributed by atoms with Gasteiger partial charge in [0.05, 0.1) is 11.4 Å². The van der Waals surface area contributed by atoms with Crippen molar-refractivity contribution in [2.45, 2.75) is 68.7 Å². The first-order valence-electron chi connectivity index (χ1n) is 10.8. The number of hydrogen-bond donors (Lipinski definition) is 3. The van der Waals surface area contributed by atoms with Crippen molar-refractivity contribution in [3.63, 3.8) is 0 Å². The summed E-state index contributed by atoms with van der Waals surface area (Å²) < 4.78 is 5.41. The van der Waals surface area contributed by atoms with Gasteiger partial charge in [-0.25, -0.2) is 0 Å². The van der Waals surface area contributed by atoms with Crippen LogP contribution in [0.15, 0.2) is 33.7 Å². The van der Waals surface area contributed by atoms with Crippen molar-refractivity contribution >= 4 is 35.2 Å². The monoisotopic (exact) mass is 459 g/mol. The first kappa shape index (κ1) is 23.8. The summed E-state index contributed by atoms with van der Waals surface area (Å²) in [6.07, 6.45) is 6.18. The second-order valence-electron chi connectivity index (χ2n) is 7.99. The van der Waals surface area contributed by atoms with Crippen molar-refractivity contribution in [2.75, 3.05) is 11.1 Å². The van der Waals surface area contributed by atoms with E-state index in [1.807, 2.05) is 18.2 Å². The van der Waals surface area contributed by atoms with Crippen LogP contribution < -0.4 is 16.4 Å². The second-order valence-corrected chi connectivity index (χ2v) is 9.01. The third kappa shape index (κ3) is 6.56. The highest BCUT2D eigenvalue weighted by molar-refractivity contribution is 8.00. The number of anilines is 1. The van der Waals surface area contributed by atoms with Crippen molar-refractivity contribution in [3.8, 4) is 0 Å². The van der Waals surface area contributed by atoms with Crippen LogP contribution in [0.1, 0.15) is 63.6 Å². The molecule has 32 heavy (non-hydrogen) atoms. The van der Waals surface area contributed by atoms with Gasteiger partial charge in [-0.2, -0.15) is 4.98 Å². The van der Waals surface area contributed by atoms with Gasteiger partial charge in [0.2, 0.25) is 23.6 Å². The minimum atomic E-state index is -0.608. The number of carbonyl (C=O) groups is 3. The quantitative estimate of drug-likeness (QED) is 0.387. The lowest BCUT2D eigenvalue weighted by atomic mass is 9.89. The molecule has 1 aromatic carbocycles. The van der Waals surface area contributed by atoms with E-state index in [0.717, 1.165) is 43.4 Å². The van der Waals surface area contributed by atoms with E-state index in [0.29, 0.717) is 17.4 Å². The Hall–Kier alpha value is -2.88. The summed E-state index contributed by atoms with van der Waals surface area (Å²) >= 11 is 1.27. The van der Waals surface area contributed by atoms with Gasteiger partial charge >= 0.3 is 0 Å². The molecular formula is C22H29N5O4S. The fraction of sp³-hybridized carbons (Fsp3) is 0.500. The zero-order valence-electron chi connectivity index (χ0n) is 18.2. The van der Waals surface area contributed by atoms with Gasteiger partial charge in [0.15, 0.2) is 5.82 Å². The zero-order chi connectivity index (χ0) is 23.0. The maximum atomic E-state index is 12.5. The largest absolute Gasteiger partial charge is 0.369 e. The lowest BCUT2D eigenvalue weighted by Crippen LogP contribution is -2.45. The average Bonchev–Trinajstić information content (AvgIpc) is 3.11. The molecule has 172 valence electrons. The number of hydrogen-bond acceptors (Lipinski definition) is 7. The molecule has 3 amide bonds. The highest BCUT2D eigenvalue weighted by Gasteiger charge is 2.38. The number of aryl methyl sites for hydroxylation is 1. The van der Waals surface area contributed by atoms with Crippen LogP contribution in [-0.4, -0.2) is 33.6 Å². The number of carbonyl (C=O) groups excluding carboxylic acids is 3. The van der Waals surface area contributed by atoms with E-state index in [4.69, 9.17) is 10.3 Å². The van der Waals surface area contributed by atoms with Crippen molar-refractivity contribution in [1.82, 2.24) is 15.5 Å². The summed E-state index contributed by atoms with van der Waals surface area (Å²) in [4.78, 5) is 40.6. The number of primary amides is 1. The highest BCUT2D eigenvalue weighted by atomic mass is 32.2. The van der Waals surface area contributed by atoms with Crippen LogP contribution in [0.2, 0.25) is 0 Å². The molecular weight excluding hydrogens is 430 g/mol. The Labute approximate surface area is 191 Å². The number of nitrogens with one attached hydrogen (secondary N) is 2. The van der Waals surface area contributed by atoms with E-state index in [2.05, 4.69) is 20.8 Å². The molecule has 1 fully saturated rings. The Balaban J connectivity index is 1.62. The highest BCUT2D eigenvalue weighted by Crippen LogP contribution is 2.34. The number of para-hydroxylation sites is 1. The molecule has 0 spiro atoms. The topological polar surface area (TPSA) is 140 Å². The van der Waals surface area contributed by atoms with Crippen LogP contribution in [0.5, 0.6) is 0 Å². The zero-order valence-corrected chi connectivity index (χ0v) is 19.0. The molecule has 1 aromatic heterocycles. The number of benzene rings is 1. The molecule has 0 aliphatic heterocycles. The van der Waals surface area contributed by atoms with E-state index in [1.54, 1.807) is 6.07 Å². The van der Waals surface area contributed by atoms with Crippen LogP contribution in [-0.2, 0) is 26.3 Å². The summed E-state index contributed by atoms with van der Waals surface area (Å²) in [5, 5.41) is 10.1. The van der Waals surface area contributed by atoms with E-state index in [1.165, 1.54) is 18.7 Å². The van der Waals surface area contributed by atoms with Crippen LogP contribution >= 0.6 is 11.8 Å². The lowest BCUT2D eigenvalue weighted by Gasteiger charge is -2.30. The molecule has 1 heterocycles. The van der Waals surface area contributed by atoms with E-state index in [9.17, 15) is 14.4 Å². The Morgan fingerprint density at radius 2 is 1.88 bits per heavy atom. The summed E-state index contributed by atoms with van der Waals surface area (Å²) in [5.41, 5.74) is 5.23. The van der Waals surface area contributed by atoms with Gasteiger partial charge in [-0.05, 0) is 25.0 Å². The first-order chi connectivity index (χ1) is 15.4. The SMILES string of the molecule is CC(=O)NC1(c2noc(CCC(=O)Nc3ccccc3SCC(N)=O)n2)CCCCCC1. The number of aromatic nitrogens is 2. The molecule has 0 saturated heterocycles. The number of nitrogens with two attached hydrogens (primary N) is 1. The molecule has 1 aliphatic carbocycles. The molecule has 0 unspecified atom stereocenters. The summed E-state index contributed by atoms with van der Waals surface area (Å²) in [5.74, 6) is 0.231. The van der Waals surface area contributed by atoms with Crippen LogP contribution in [0.4, 0.5) is 5.69 Å². The molecule has 3 rings (SSSR count). The molecule has 1 saturated carbocycles. The fourth-order valence-corrected chi connectivity index (χ4v) is 4.65. The van der Waals surface area contributed by atoms with Crippen LogP contribution in [0.3, 0.4) is 0 Å². The average molecular weight is 460 g/mol. The van der Waals surface area contributed by atoms with Crippen molar-refractivity contribution in [1.29, 1.82) is 0 Å². The second kappa shape index (κ2) is 11.1. The third-order valence-corrected chi connectivity index (χ3v) is 6.46. The molecule has 0 radical (unpaired) electrons. The summed E-state index contributed by atoms with van der Waals surface area (Å²) in [7, 11) is 0. The van der Waals surface area contributed by atoms with Gasteiger partial charge in [0.25, 0.3) is 0 Å². The Morgan fingerprint density at radius 1 is 1.16 bits per heavy atom. The van der Waals surface area contributed by atoms with Gasteiger partial charge in [-0.3, -0.25) is 14.4 Å². The van der Waals surface area contributed by atoms with Gasteiger partial charge in [0, 0.05) is 24.7 Å². The van der Waals surface area contributed by atoms with Crippen molar-refractivity contribution in [3.05, 3.63) is 36.0 Å². The minimum Gasteiger partial charge on any atom is -0.369 e. The Morgan fingerprint density at radius 3 is 2.56 bits per heavy atom. The van der Waals surface area contributed by atoms with E-state index < -0.39 is 11.4 Å². The standard InChI is InChI=1S/C22H29N5O4S/c1-15(28)26-22(12-6-2-3-7-13-22)21-25-20(31-27-21)11-10-19(30)24-16-8-4-5-9-17(16)32-14-18(23)29/h4-5,8-9H,2-3,6-7,10-14H2,1H3,(H2,23,29)(H,24,30)(H,26,28). The van der Waals surface area contributed by atoms with Crippen molar-refractivity contribution in [2.24, 2.45) is 5.73 Å². The van der Waals surface area contributed by atoms with Crippen molar-refractivity contribution < 1.29 is 18.9 Å². The Kier molecular flexibility index (Phi) is 8.26. The molecule has 10 heteroatoms. The van der Waals surface area contributed by atoms with E-state index in [-0.39, 0.29) is 30.4 Å². The molecule has 9 nitrogen and oxygen atoms in total. The summed E-state index contributed by atoms with van der Waals surface area (Å²) in [6.45, 7) is 1.50. The maximum Gasteiger partial charge on any atom is 0.227 e. The van der Waals surface area contributed by atoms with Gasteiger partial charge < -0.3 is 20.9 Å². The molecule has 0 bridgehead atoms. The summed E-state index contributed by atoms with van der Waals surface area (Å²) in [6, 6.07) is 7.23. The number of thioether (sulfide) groups is 1. The predicted octanol–water partition coefficient (Wildman–Crippen LogP) is 2.90. The number of rotatable bonds is 9. The van der Waals surface area contributed by atoms with Crippen LogP contribution in [0.25, 0.3) is 0 Å². The third-order valence-electron chi connectivity index (χ3n) is 5.37. The van der Waals surface area contributed by atoms with Gasteiger partial charge in [0.1, 0.15) is 5.54 Å². The molecule has 1 aliphatic rings. The smallest absolute Gasteiger partial charge is 0.227 e.